The van der Waals surface area contributed by atoms with E-state index in [2.05, 4.69) is 32.0 Å². The second-order valence-corrected chi connectivity index (χ2v) is 19.0. The van der Waals surface area contributed by atoms with Crippen molar-refractivity contribution in [3.63, 3.8) is 0 Å². The molecule has 1 aromatic heterocycles. The molecule has 0 amide bonds. The van der Waals surface area contributed by atoms with E-state index < -0.39 is 18.4 Å². The molecule has 1 heterocycles. The van der Waals surface area contributed by atoms with Gasteiger partial charge in [0.2, 0.25) is 0 Å². The quantitative estimate of drug-likeness (QED) is 0.242. The summed E-state index contributed by atoms with van der Waals surface area (Å²) < 4.78 is 11.5. The molecular weight excluding hydrogens is 369 g/mol. The van der Waals surface area contributed by atoms with Crippen LogP contribution in [0.3, 0.4) is 0 Å². The number of hydrogen-bond acceptors (Lipinski definition) is 3. The fourth-order valence-electron chi connectivity index (χ4n) is 3.05. The fraction of sp³-hybridized carbons (Fsp3) is 0.706. The summed E-state index contributed by atoms with van der Waals surface area (Å²) in [4.78, 5) is 0. The molecule has 0 aliphatic rings. The van der Waals surface area contributed by atoms with Crippen molar-refractivity contribution in [2.24, 2.45) is 5.16 Å². The number of hydrogen-bond donors (Lipinski definition) is 1. The van der Waals surface area contributed by atoms with E-state index in [1.165, 1.54) is 61.8 Å². The van der Waals surface area contributed by atoms with Gasteiger partial charge in [0.1, 0.15) is 0 Å². The van der Waals surface area contributed by atoms with E-state index in [9.17, 15) is 0 Å². The molecule has 1 aromatic rings. The Hall–Kier alpha value is -0.451. The van der Waals surface area contributed by atoms with Crippen LogP contribution >= 0.6 is 0 Å². The molecule has 0 aliphatic heterocycles. The van der Waals surface area contributed by atoms with Gasteiger partial charge in [-0.3, -0.25) is 0 Å². The van der Waals surface area contributed by atoms with Gasteiger partial charge < -0.3 is 0 Å². The van der Waals surface area contributed by atoms with Crippen LogP contribution in [0.4, 0.5) is 0 Å². The van der Waals surface area contributed by atoms with Crippen LogP contribution in [0.2, 0.25) is 13.3 Å². The van der Waals surface area contributed by atoms with E-state index in [0.717, 1.165) is 0 Å². The Morgan fingerprint density at radius 2 is 1.52 bits per heavy atom. The maximum absolute atomic E-state index is 8.68. The predicted molar refractivity (Wildman–Crippen MR) is 92.6 cm³/mol. The molecule has 3 nitrogen and oxygen atoms in total. The van der Waals surface area contributed by atoms with Crippen molar-refractivity contribution in [1.29, 1.82) is 0 Å². The van der Waals surface area contributed by atoms with Crippen molar-refractivity contribution in [3.05, 3.63) is 17.9 Å². The Balaban J connectivity index is 3.03. The Morgan fingerprint density at radius 1 is 1.00 bits per heavy atom. The third-order valence-corrected chi connectivity index (χ3v) is 19.3. The normalized spacial score (nSPS) is 12.3. The summed E-state index contributed by atoms with van der Waals surface area (Å²) in [6.07, 6.45) is 9.18. The second-order valence-electron chi connectivity index (χ2n) is 6.04. The molecule has 0 saturated carbocycles. The van der Waals surface area contributed by atoms with E-state index in [4.69, 9.17) is 9.62 Å². The van der Waals surface area contributed by atoms with E-state index in [1.54, 1.807) is 0 Å². The Labute approximate surface area is 133 Å². The number of rotatable bonds is 11. The Bertz CT molecular complexity index is 393. The van der Waals surface area contributed by atoms with Crippen LogP contribution in [-0.4, -0.2) is 29.8 Å². The van der Waals surface area contributed by atoms with Crippen LogP contribution in [-0.2, 0) is 0 Å². The molecule has 0 spiro atoms. The SMILES string of the molecule is CCC[CH2][Sn]([CH2]CCC)([CH2]CCC)[c]1ccc(/C=N/O)o1. The molecule has 1 N–H and O–H groups in total. The van der Waals surface area contributed by atoms with Crippen molar-refractivity contribution < 1.29 is 9.62 Å². The van der Waals surface area contributed by atoms with Gasteiger partial charge in [-0.25, -0.2) is 0 Å². The van der Waals surface area contributed by atoms with Crippen LogP contribution in [0.25, 0.3) is 0 Å². The molecule has 0 fully saturated rings. The minimum atomic E-state index is -2.43. The van der Waals surface area contributed by atoms with Crippen molar-refractivity contribution in [2.75, 3.05) is 0 Å². The zero-order valence-electron chi connectivity index (χ0n) is 13.9. The fourth-order valence-corrected chi connectivity index (χ4v) is 18.3. The van der Waals surface area contributed by atoms with Crippen LogP contribution in [0.5, 0.6) is 0 Å². The summed E-state index contributed by atoms with van der Waals surface area (Å²) in [6.45, 7) is 6.84. The van der Waals surface area contributed by atoms with Gasteiger partial charge in [-0.1, -0.05) is 0 Å². The zero-order chi connectivity index (χ0) is 15.6. The van der Waals surface area contributed by atoms with Gasteiger partial charge in [0.25, 0.3) is 0 Å². The molecule has 0 radical (unpaired) electrons. The number of unbranched alkanes of at least 4 members (excludes halogenated alkanes) is 3. The average Bonchev–Trinajstić information content (AvgIpc) is 2.96. The van der Waals surface area contributed by atoms with Gasteiger partial charge >= 0.3 is 134 Å². The van der Waals surface area contributed by atoms with Gasteiger partial charge in [0.15, 0.2) is 0 Å². The van der Waals surface area contributed by atoms with Gasteiger partial charge in [-0.15, -0.1) is 0 Å². The van der Waals surface area contributed by atoms with Crippen LogP contribution < -0.4 is 3.78 Å². The topological polar surface area (TPSA) is 45.7 Å². The summed E-state index contributed by atoms with van der Waals surface area (Å²) in [5.41, 5.74) is 0. The molecule has 0 aromatic carbocycles. The first-order valence-corrected chi connectivity index (χ1v) is 16.0. The average molecular weight is 400 g/mol. The maximum atomic E-state index is 8.68. The molecular formula is C17H31NO2Sn. The van der Waals surface area contributed by atoms with Crippen LogP contribution in [0.1, 0.15) is 65.1 Å². The third kappa shape index (κ3) is 5.68. The van der Waals surface area contributed by atoms with E-state index in [-0.39, 0.29) is 0 Å². The number of oxime groups is 1. The van der Waals surface area contributed by atoms with Crippen molar-refractivity contribution in [1.82, 2.24) is 0 Å². The number of furan rings is 1. The molecule has 4 heteroatoms. The molecule has 120 valence electrons. The summed E-state index contributed by atoms with van der Waals surface area (Å²) in [5.74, 6) is 0.693. The summed E-state index contributed by atoms with van der Waals surface area (Å²) in [5, 5.41) is 11.8. The monoisotopic (exact) mass is 401 g/mol. The Kier molecular flexibility index (Phi) is 9.13. The van der Waals surface area contributed by atoms with Gasteiger partial charge in [-0.05, 0) is 0 Å². The molecule has 0 saturated heterocycles. The summed E-state index contributed by atoms with van der Waals surface area (Å²) >= 11 is -2.43. The predicted octanol–water partition coefficient (Wildman–Crippen LogP) is 5.14. The number of nitrogens with zero attached hydrogens (tertiary/aromatic N) is 1. The van der Waals surface area contributed by atoms with Crippen LogP contribution in [0.15, 0.2) is 21.7 Å². The standard InChI is InChI=1S/C5H4NO2.3C4H9.Sn/c7-6-4-5-2-1-3-8-5;3*1-3-4-2;/h1-2,4,7H;3*1,3-4H2,2H3;/b6-4+;;;;. The first kappa shape index (κ1) is 18.6. The van der Waals surface area contributed by atoms with Gasteiger partial charge in [0, 0.05) is 0 Å². The van der Waals surface area contributed by atoms with E-state index >= 15 is 0 Å². The minimum absolute atomic E-state index is 0.693. The molecule has 0 bridgehead atoms. The first-order valence-electron chi connectivity index (χ1n) is 8.50. The molecule has 0 atom stereocenters. The first-order chi connectivity index (χ1) is 10.2. The molecule has 1 rings (SSSR count). The summed E-state index contributed by atoms with van der Waals surface area (Å²) in [7, 11) is 0. The molecule has 0 aliphatic carbocycles. The van der Waals surface area contributed by atoms with Gasteiger partial charge in [0.05, 0.1) is 0 Å². The van der Waals surface area contributed by atoms with Crippen molar-refractivity contribution in [2.45, 2.75) is 72.6 Å². The van der Waals surface area contributed by atoms with E-state index in [1.807, 2.05) is 6.07 Å². The van der Waals surface area contributed by atoms with E-state index in [0.29, 0.717) is 5.76 Å². The molecule has 21 heavy (non-hydrogen) atoms. The third-order valence-electron chi connectivity index (χ3n) is 4.36. The van der Waals surface area contributed by atoms with Crippen molar-refractivity contribution >= 4 is 28.4 Å². The summed E-state index contributed by atoms with van der Waals surface area (Å²) in [6, 6.07) is 4.14. The molecule has 0 unspecified atom stereocenters. The van der Waals surface area contributed by atoms with Crippen LogP contribution in [0, 0.1) is 0 Å². The van der Waals surface area contributed by atoms with Crippen molar-refractivity contribution in [3.8, 4) is 0 Å². The Morgan fingerprint density at radius 3 is 1.95 bits per heavy atom. The second kappa shape index (κ2) is 10.3. The zero-order valence-corrected chi connectivity index (χ0v) is 16.8. The van der Waals surface area contributed by atoms with Gasteiger partial charge in [-0.2, -0.15) is 0 Å².